The molecule has 0 amide bonds. The zero-order valence-electron chi connectivity index (χ0n) is 19.7. The van der Waals surface area contributed by atoms with E-state index < -0.39 is 45.8 Å². The summed E-state index contributed by atoms with van der Waals surface area (Å²) in [5, 5.41) is 27.4. The number of ether oxygens (including phenoxy) is 1. The van der Waals surface area contributed by atoms with Gasteiger partial charge in [-0.05, 0) is 6.42 Å². The van der Waals surface area contributed by atoms with Crippen LogP contribution in [0.3, 0.4) is 0 Å². The Morgan fingerprint density at radius 3 is 1.66 bits per heavy atom. The van der Waals surface area contributed by atoms with Crippen LogP contribution in [0.4, 0.5) is 0 Å². The molecule has 4 N–H and O–H groups in total. The van der Waals surface area contributed by atoms with Crippen LogP contribution in [0, 0.1) is 0 Å². The van der Waals surface area contributed by atoms with Gasteiger partial charge in [-0.3, -0.25) is 13.8 Å². The third-order valence-electron chi connectivity index (χ3n) is 4.99. The van der Waals surface area contributed by atoms with Gasteiger partial charge in [0.1, 0.15) is 18.8 Å². The molecule has 0 rings (SSSR count). The molecule has 0 heterocycles. The number of phosphoric ester groups is 1. The number of rotatable bonds is 23. The minimum absolute atomic E-state index is 0.270. The Kier molecular flexibility index (Phi) is 20.7. The highest BCUT2D eigenvalue weighted by Gasteiger charge is 2.24. The van der Waals surface area contributed by atoms with Gasteiger partial charge in [0.25, 0.3) is 0 Å². The summed E-state index contributed by atoms with van der Waals surface area (Å²) < 4.78 is 25.5. The number of hydrogen-bond donors (Lipinski definition) is 4. The maximum absolute atomic E-state index is 11.7. The molecule has 0 spiro atoms. The van der Waals surface area contributed by atoms with E-state index in [0.717, 1.165) is 19.3 Å². The first-order chi connectivity index (χ1) is 15.3. The summed E-state index contributed by atoms with van der Waals surface area (Å²) in [4.78, 5) is 21.1. The predicted octanol–water partition coefficient (Wildman–Crippen LogP) is 3.86. The summed E-state index contributed by atoms with van der Waals surface area (Å²) in [6, 6.07) is 0. The van der Waals surface area contributed by atoms with Crippen molar-refractivity contribution in [2.75, 3.05) is 26.4 Å². The van der Waals surface area contributed by atoms with Crippen molar-refractivity contribution in [2.24, 2.45) is 0 Å². The van der Waals surface area contributed by atoms with Crippen molar-refractivity contribution >= 4 is 13.8 Å². The van der Waals surface area contributed by atoms with E-state index in [2.05, 4.69) is 16.0 Å². The van der Waals surface area contributed by atoms with Crippen molar-refractivity contribution in [1.29, 1.82) is 0 Å². The molecule has 3 unspecified atom stereocenters. The number of hydrogen-bond acceptors (Lipinski definition) is 8. The van der Waals surface area contributed by atoms with Crippen molar-refractivity contribution in [3.63, 3.8) is 0 Å². The molecule has 0 aromatic rings. The molecule has 10 heteroatoms. The molecular formula is C22H45O9P. The molecule has 0 bridgehead atoms. The number of esters is 1. The van der Waals surface area contributed by atoms with Crippen molar-refractivity contribution < 1.29 is 43.4 Å². The summed E-state index contributed by atoms with van der Waals surface area (Å²) in [5.41, 5.74) is 0. The van der Waals surface area contributed by atoms with E-state index in [4.69, 9.17) is 14.9 Å². The monoisotopic (exact) mass is 484 g/mol. The lowest BCUT2D eigenvalue weighted by Crippen LogP contribution is -2.24. The van der Waals surface area contributed by atoms with E-state index in [1.54, 1.807) is 0 Å². The smallest absolute Gasteiger partial charge is 0.463 e. The van der Waals surface area contributed by atoms with Gasteiger partial charge in [-0.25, -0.2) is 4.57 Å². The second kappa shape index (κ2) is 21.0. The lowest BCUT2D eigenvalue weighted by molar-refractivity contribution is -0.147. The first-order valence-corrected chi connectivity index (χ1v) is 13.5. The van der Waals surface area contributed by atoms with Gasteiger partial charge in [0.05, 0.1) is 19.8 Å². The number of aliphatic hydroxyl groups is 3. The van der Waals surface area contributed by atoms with E-state index in [0.29, 0.717) is 0 Å². The van der Waals surface area contributed by atoms with Crippen LogP contribution in [0.1, 0.15) is 96.8 Å². The molecule has 9 nitrogen and oxygen atoms in total. The Hall–Kier alpha value is -0.540. The molecule has 0 aliphatic heterocycles. The van der Waals surface area contributed by atoms with Crippen LogP contribution in [-0.2, 0) is 23.1 Å². The minimum Gasteiger partial charge on any atom is -0.463 e. The van der Waals surface area contributed by atoms with Gasteiger partial charge in [0.15, 0.2) is 0 Å². The first-order valence-electron chi connectivity index (χ1n) is 12.0. The second-order valence-corrected chi connectivity index (χ2v) is 9.68. The standard InChI is InChI=1S/C22H45O9P/c1-2-3-4-5-6-7-8-9-10-11-12-13-14-15-22(26)29-17-21(25)19-31-32(27,28)30-18-20(24)16-23/h20-21,23-25H,2-19H2,1H3,(H,27,28). The molecule has 0 radical (unpaired) electrons. The molecule has 192 valence electrons. The average molecular weight is 485 g/mol. The summed E-state index contributed by atoms with van der Waals surface area (Å²) in [6.45, 7) is 0.0932. The van der Waals surface area contributed by atoms with Crippen LogP contribution in [0.15, 0.2) is 0 Å². The Labute approximate surface area is 193 Å². The zero-order chi connectivity index (χ0) is 24.1. The van der Waals surface area contributed by atoms with Crippen LogP contribution in [0.5, 0.6) is 0 Å². The minimum atomic E-state index is -4.48. The van der Waals surface area contributed by atoms with Crippen molar-refractivity contribution in [1.82, 2.24) is 0 Å². The highest BCUT2D eigenvalue weighted by molar-refractivity contribution is 7.47. The van der Waals surface area contributed by atoms with Crippen molar-refractivity contribution in [2.45, 2.75) is 109 Å². The number of aliphatic hydroxyl groups excluding tert-OH is 3. The zero-order valence-corrected chi connectivity index (χ0v) is 20.6. The number of phosphoric acid groups is 1. The van der Waals surface area contributed by atoms with Gasteiger partial charge >= 0.3 is 13.8 Å². The van der Waals surface area contributed by atoms with Gasteiger partial charge in [-0.2, -0.15) is 0 Å². The molecule has 0 fully saturated rings. The van der Waals surface area contributed by atoms with E-state index in [-0.39, 0.29) is 13.0 Å². The van der Waals surface area contributed by atoms with Gasteiger partial charge in [0, 0.05) is 6.42 Å². The maximum Gasteiger partial charge on any atom is 0.472 e. The predicted molar refractivity (Wildman–Crippen MR) is 122 cm³/mol. The Morgan fingerprint density at radius 2 is 1.19 bits per heavy atom. The highest BCUT2D eigenvalue weighted by atomic mass is 31.2. The number of carbonyl (C=O) groups excluding carboxylic acids is 1. The van der Waals surface area contributed by atoms with Gasteiger partial charge < -0.3 is 24.9 Å². The average Bonchev–Trinajstić information content (AvgIpc) is 2.77. The van der Waals surface area contributed by atoms with Crippen molar-refractivity contribution in [3.8, 4) is 0 Å². The largest absolute Gasteiger partial charge is 0.472 e. The second-order valence-electron chi connectivity index (χ2n) is 8.23. The molecule has 0 saturated carbocycles. The Morgan fingerprint density at radius 1 is 0.750 bits per heavy atom. The third kappa shape index (κ3) is 21.3. The summed E-state index contributed by atoms with van der Waals surface area (Å²) >= 11 is 0. The van der Waals surface area contributed by atoms with Gasteiger partial charge in [-0.1, -0.05) is 84.0 Å². The molecule has 32 heavy (non-hydrogen) atoms. The Bertz CT molecular complexity index is 490. The van der Waals surface area contributed by atoms with E-state index >= 15 is 0 Å². The molecule has 0 saturated heterocycles. The molecule has 0 aromatic heterocycles. The maximum atomic E-state index is 11.7. The SMILES string of the molecule is CCCCCCCCCCCCCCCC(=O)OCC(O)COP(=O)(O)OCC(O)CO. The molecule has 3 atom stereocenters. The summed E-state index contributed by atoms with van der Waals surface area (Å²) in [6.07, 6.45) is 13.5. The van der Waals surface area contributed by atoms with Crippen LogP contribution < -0.4 is 0 Å². The fourth-order valence-corrected chi connectivity index (χ4v) is 3.84. The van der Waals surface area contributed by atoms with Crippen LogP contribution in [-0.4, -0.2) is 64.8 Å². The van der Waals surface area contributed by atoms with Crippen LogP contribution in [0.2, 0.25) is 0 Å². The quantitative estimate of drug-likeness (QED) is 0.0965. The summed E-state index contributed by atoms with van der Waals surface area (Å²) in [5.74, 6) is -0.429. The molecule has 0 aliphatic rings. The van der Waals surface area contributed by atoms with Crippen LogP contribution >= 0.6 is 7.82 Å². The molecular weight excluding hydrogens is 439 g/mol. The van der Waals surface area contributed by atoms with E-state index in [1.165, 1.54) is 64.2 Å². The fraction of sp³-hybridized carbons (Fsp3) is 0.955. The third-order valence-corrected chi connectivity index (χ3v) is 5.94. The fourth-order valence-electron chi connectivity index (χ4n) is 3.05. The summed E-state index contributed by atoms with van der Waals surface area (Å²) in [7, 11) is -4.48. The van der Waals surface area contributed by atoms with Crippen molar-refractivity contribution in [3.05, 3.63) is 0 Å². The Balaban J connectivity index is 3.54. The molecule has 0 aliphatic carbocycles. The number of unbranched alkanes of at least 4 members (excludes halogenated alkanes) is 12. The van der Waals surface area contributed by atoms with E-state index in [9.17, 15) is 19.4 Å². The van der Waals surface area contributed by atoms with Gasteiger partial charge in [-0.15, -0.1) is 0 Å². The lowest BCUT2D eigenvalue weighted by Gasteiger charge is -2.16. The topological polar surface area (TPSA) is 143 Å². The van der Waals surface area contributed by atoms with E-state index in [1.807, 2.05) is 0 Å². The normalized spacial score (nSPS) is 15.3. The highest BCUT2D eigenvalue weighted by Crippen LogP contribution is 2.43. The van der Waals surface area contributed by atoms with Gasteiger partial charge in [0.2, 0.25) is 0 Å². The lowest BCUT2D eigenvalue weighted by atomic mass is 10.0. The molecule has 0 aromatic carbocycles. The first kappa shape index (κ1) is 31.5. The van der Waals surface area contributed by atoms with Crippen LogP contribution in [0.25, 0.3) is 0 Å². The number of carbonyl (C=O) groups is 1.